The van der Waals surface area contributed by atoms with Crippen molar-refractivity contribution in [2.45, 2.75) is 31.3 Å². The number of piperidine rings is 1. The minimum absolute atomic E-state index is 0.199. The van der Waals surface area contributed by atoms with E-state index in [1.54, 1.807) is 0 Å². The summed E-state index contributed by atoms with van der Waals surface area (Å²) in [7, 11) is 0. The van der Waals surface area contributed by atoms with E-state index in [1.165, 1.54) is 30.4 Å². The van der Waals surface area contributed by atoms with Gasteiger partial charge >= 0.3 is 0 Å². The molecule has 0 saturated carbocycles. The molecule has 0 aliphatic carbocycles. The number of hydrogen-bond acceptors (Lipinski definition) is 3. The van der Waals surface area contributed by atoms with Gasteiger partial charge in [0.1, 0.15) is 0 Å². The summed E-state index contributed by atoms with van der Waals surface area (Å²) in [6, 6.07) is 20.9. The maximum absolute atomic E-state index is 10.3. The third-order valence-corrected chi connectivity index (χ3v) is 4.92. The molecule has 0 unspecified atom stereocenters. The van der Waals surface area contributed by atoms with Gasteiger partial charge in [-0.25, -0.2) is 0 Å². The van der Waals surface area contributed by atoms with Crippen molar-refractivity contribution in [2.24, 2.45) is 0 Å². The molecule has 134 valence electrons. The normalized spacial score (nSPS) is 16.9. The van der Waals surface area contributed by atoms with Gasteiger partial charge in [0.05, 0.1) is 19.3 Å². The van der Waals surface area contributed by atoms with E-state index >= 15 is 0 Å². The Bertz CT molecular complexity index is 556. The zero-order chi connectivity index (χ0) is 17.3. The van der Waals surface area contributed by atoms with Crippen molar-refractivity contribution in [2.75, 3.05) is 32.8 Å². The zero-order valence-electron chi connectivity index (χ0n) is 14.9. The summed E-state index contributed by atoms with van der Waals surface area (Å²) in [5.41, 5.74) is 2.50. The Morgan fingerprint density at radius 2 is 1.36 bits per heavy atom. The summed E-state index contributed by atoms with van der Waals surface area (Å²) in [5.74, 6) is 0.199. The summed E-state index contributed by atoms with van der Waals surface area (Å²) >= 11 is 0. The highest BCUT2D eigenvalue weighted by molar-refractivity contribution is 5.32. The van der Waals surface area contributed by atoms with Crippen LogP contribution in [0.5, 0.6) is 0 Å². The van der Waals surface area contributed by atoms with Crippen LogP contribution in [0.15, 0.2) is 60.7 Å². The molecule has 1 fully saturated rings. The fourth-order valence-electron chi connectivity index (χ4n) is 3.57. The van der Waals surface area contributed by atoms with Crippen molar-refractivity contribution in [1.82, 2.24) is 4.90 Å². The number of benzene rings is 2. The number of aliphatic hydroxyl groups is 1. The Morgan fingerprint density at radius 3 is 1.92 bits per heavy atom. The molecule has 3 rings (SSSR count). The maximum atomic E-state index is 10.3. The van der Waals surface area contributed by atoms with Gasteiger partial charge in [-0.05, 0) is 37.1 Å². The molecule has 3 nitrogen and oxygen atoms in total. The first-order valence-electron chi connectivity index (χ1n) is 9.41. The Balaban J connectivity index is 1.54. The van der Waals surface area contributed by atoms with Crippen LogP contribution in [0.2, 0.25) is 0 Å². The highest BCUT2D eigenvalue weighted by Crippen LogP contribution is 2.24. The largest absolute Gasteiger partial charge is 0.389 e. The summed E-state index contributed by atoms with van der Waals surface area (Å²) in [5, 5.41) is 10.3. The lowest BCUT2D eigenvalue weighted by atomic mass is 9.92. The standard InChI is InChI=1S/C22H29NO2/c24-21(16-23-14-8-3-9-15-23)17-25-18-22(19-10-4-1-5-11-19)20-12-6-2-7-13-20/h1-2,4-7,10-13,21-22,24H,3,8-9,14-18H2/t21-/m1/s1. The van der Waals surface area contributed by atoms with Crippen molar-refractivity contribution < 1.29 is 9.84 Å². The molecular weight excluding hydrogens is 310 g/mol. The molecule has 0 spiro atoms. The summed E-state index contributed by atoms with van der Waals surface area (Å²) < 4.78 is 5.93. The van der Waals surface area contributed by atoms with Crippen molar-refractivity contribution in [3.05, 3.63) is 71.8 Å². The summed E-state index contributed by atoms with van der Waals surface area (Å²) in [4.78, 5) is 2.35. The Hall–Kier alpha value is -1.68. The van der Waals surface area contributed by atoms with Crippen LogP contribution >= 0.6 is 0 Å². The van der Waals surface area contributed by atoms with Gasteiger partial charge < -0.3 is 14.7 Å². The predicted octanol–water partition coefficient (Wildman–Crippen LogP) is 3.68. The van der Waals surface area contributed by atoms with Gasteiger partial charge in [0, 0.05) is 12.5 Å². The molecule has 0 bridgehead atoms. The van der Waals surface area contributed by atoms with Crippen LogP contribution in [0.4, 0.5) is 0 Å². The Kier molecular flexibility index (Phi) is 7.04. The molecule has 0 radical (unpaired) electrons. The topological polar surface area (TPSA) is 32.7 Å². The molecule has 25 heavy (non-hydrogen) atoms. The first kappa shape index (κ1) is 18.1. The van der Waals surface area contributed by atoms with Gasteiger partial charge in [-0.1, -0.05) is 67.1 Å². The number of β-amino-alcohol motifs (C(OH)–C–C–N with tert-alkyl or cyclic N) is 1. The molecule has 2 aromatic rings. The quantitative estimate of drug-likeness (QED) is 0.796. The second-order valence-corrected chi connectivity index (χ2v) is 6.93. The average Bonchev–Trinajstić information content (AvgIpc) is 2.67. The molecule has 3 heteroatoms. The van der Waals surface area contributed by atoms with Gasteiger partial charge in [-0.3, -0.25) is 0 Å². The van der Waals surface area contributed by atoms with Gasteiger partial charge in [-0.15, -0.1) is 0 Å². The average molecular weight is 339 g/mol. The van der Waals surface area contributed by atoms with Crippen molar-refractivity contribution in [3.8, 4) is 0 Å². The highest BCUT2D eigenvalue weighted by atomic mass is 16.5. The lowest BCUT2D eigenvalue weighted by Gasteiger charge is -2.28. The SMILES string of the molecule is O[C@@H](COCC(c1ccccc1)c1ccccc1)CN1CCCCC1. The second-order valence-electron chi connectivity index (χ2n) is 6.93. The van der Waals surface area contributed by atoms with Crippen LogP contribution in [0, 0.1) is 0 Å². The molecule has 0 amide bonds. The van der Waals surface area contributed by atoms with E-state index in [2.05, 4.69) is 53.4 Å². The highest BCUT2D eigenvalue weighted by Gasteiger charge is 2.17. The molecule has 1 aliphatic heterocycles. The lowest BCUT2D eigenvalue weighted by Crippen LogP contribution is -2.38. The van der Waals surface area contributed by atoms with Crippen LogP contribution in [-0.2, 0) is 4.74 Å². The number of rotatable bonds is 8. The van der Waals surface area contributed by atoms with E-state index in [-0.39, 0.29) is 5.92 Å². The van der Waals surface area contributed by atoms with Crippen LogP contribution in [-0.4, -0.2) is 49.0 Å². The summed E-state index contributed by atoms with van der Waals surface area (Å²) in [6.07, 6.45) is 3.40. The van der Waals surface area contributed by atoms with E-state index in [0.29, 0.717) is 13.2 Å². The minimum Gasteiger partial charge on any atom is -0.389 e. The van der Waals surface area contributed by atoms with Crippen LogP contribution < -0.4 is 0 Å². The molecule has 1 saturated heterocycles. The van der Waals surface area contributed by atoms with Gasteiger partial charge in [-0.2, -0.15) is 0 Å². The van der Waals surface area contributed by atoms with Crippen molar-refractivity contribution in [3.63, 3.8) is 0 Å². The zero-order valence-corrected chi connectivity index (χ0v) is 14.9. The third-order valence-electron chi connectivity index (χ3n) is 4.92. The number of likely N-dealkylation sites (tertiary alicyclic amines) is 1. The minimum atomic E-state index is -0.412. The van der Waals surface area contributed by atoms with Crippen molar-refractivity contribution >= 4 is 0 Å². The molecule has 1 aliphatic rings. The van der Waals surface area contributed by atoms with E-state index in [4.69, 9.17) is 4.74 Å². The second kappa shape index (κ2) is 9.71. The van der Waals surface area contributed by atoms with E-state index in [9.17, 15) is 5.11 Å². The molecular formula is C22H29NO2. The van der Waals surface area contributed by atoms with Crippen LogP contribution in [0.25, 0.3) is 0 Å². The predicted molar refractivity (Wildman–Crippen MR) is 102 cm³/mol. The maximum Gasteiger partial charge on any atom is 0.0900 e. The van der Waals surface area contributed by atoms with Crippen molar-refractivity contribution in [1.29, 1.82) is 0 Å². The van der Waals surface area contributed by atoms with E-state index in [0.717, 1.165) is 19.6 Å². The number of nitrogens with zero attached hydrogens (tertiary/aromatic N) is 1. The fraction of sp³-hybridized carbons (Fsp3) is 0.455. The molecule has 1 atom stereocenters. The molecule has 1 heterocycles. The number of aliphatic hydroxyl groups excluding tert-OH is 1. The van der Waals surface area contributed by atoms with Crippen LogP contribution in [0.3, 0.4) is 0 Å². The molecule has 2 aromatic carbocycles. The molecule has 0 aromatic heterocycles. The lowest BCUT2D eigenvalue weighted by molar-refractivity contribution is 0.0114. The summed E-state index contributed by atoms with van der Waals surface area (Å²) in [6.45, 7) is 3.92. The van der Waals surface area contributed by atoms with E-state index < -0.39 is 6.10 Å². The fourth-order valence-corrected chi connectivity index (χ4v) is 3.57. The monoisotopic (exact) mass is 339 g/mol. The van der Waals surface area contributed by atoms with Gasteiger partial charge in [0.15, 0.2) is 0 Å². The first-order valence-corrected chi connectivity index (χ1v) is 9.41. The number of ether oxygens (including phenoxy) is 1. The van der Waals surface area contributed by atoms with E-state index in [1.807, 2.05) is 12.1 Å². The third kappa shape index (κ3) is 5.67. The van der Waals surface area contributed by atoms with Crippen LogP contribution in [0.1, 0.15) is 36.3 Å². The number of hydrogen-bond donors (Lipinski definition) is 1. The Morgan fingerprint density at radius 1 is 0.800 bits per heavy atom. The van der Waals surface area contributed by atoms with Gasteiger partial charge in [0.25, 0.3) is 0 Å². The smallest absolute Gasteiger partial charge is 0.0900 e. The first-order chi connectivity index (χ1) is 12.3. The Labute approximate surface area is 151 Å². The van der Waals surface area contributed by atoms with Gasteiger partial charge in [0.2, 0.25) is 0 Å². The molecule has 1 N–H and O–H groups in total.